The first-order valence-corrected chi connectivity index (χ1v) is 8.80. The average molecular weight is 384 g/mol. The van der Waals surface area contributed by atoms with Gasteiger partial charge in [-0.25, -0.2) is 0 Å². The third-order valence-corrected chi connectivity index (χ3v) is 5.13. The lowest BCUT2D eigenvalue weighted by atomic mass is 9.85. The molecule has 3 rings (SSSR count). The first kappa shape index (κ1) is 16.5. The fourth-order valence-electron chi connectivity index (χ4n) is 3.16. The molecular weight excluding hydrogens is 362 g/mol. The topological polar surface area (TPSA) is 74.6 Å². The minimum absolute atomic E-state index is 0.0753. The van der Waals surface area contributed by atoms with E-state index in [1.165, 1.54) is 12.8 Å². The van der Waals surface area contributed by atoms with Crippen molar-refractivity contribution in [2.24, 2.45) is 13.0 Å². The maximum Gasteiger partial charge on any atom is 0.317 e. The van der Waals surface area contributed by atoms with Gasteiger partial charge >= 0.3 is 5.97 Å². The fourth-order valence-corrected chi connectivity index (χ4v) is 3.69. The van der Waals surface area contributed by atoms with E-state index in [4.69, 9.17) is 5.11 Å². The number of halogens is 1. The van der Waals surface area contributed by atoms with Gasteiger partial charge in [-0.15, -0.1) is 0 Å². The number of carbonyl (C=O) groups is 2. The smallest absolute Gasteiger partial charge is 0.317 e. The Labute approximate surface area is 144 Å². The van der Waals surface area contributed by atoms with Crippen molar-refractivity contribution in [2.75, 3.05) is 13.1 Å². The lowest BCUT2D eigenvalue weighted by Crippen LogP contribution is -2.55. The van der Waals surface area contributed by atoms with Crippen molar-refractivity contribution in [1.29, 1.82) is 0 Å². The summed E-state index contributed by atoms with van der Waals surface area (Å²) in [4.78, 5) is 25.4. The third kappa shape index (κ3) is 4.14. The summed E-state index contributed by atoms with van der Waals surface area (Å²) in [6.45, 7) is 0.981. The van der Waals surface area contributed by atoms with Gasteiger partial charge in [0.2, 0.25) is 0 Å². The lowest BCUT2D eigenvalue weighted by Gasteiger charge is -2.42. The van der Waals surface area contributed by atoms with Crippen LogP contribution in [0.2, 0.25) is 0 Å². The number of aromatic nitrogens is 1. The highest BCUT2D eigenvalue weighted by Gasteiger charge is 2.37. The number of amides is 1. The highest BCUT2D eigenvalue weighted by atomic mass is 79.9. The maximum atomic E-state index is 12.3. The van der Waals surface area contributed by atoms with Crippen molar-refractivity contribution < 1.29 is 14.7 Å². The van der Waals surface area contributed by atoms with Gasteiger partial charge in [0.05, 0.1) is 6.54 Å². The zero-order chi connectivity index (χ0) is 16.6. The molecule has 2 saturated carbocycles. The van der Waals surface area contributed by atoms with Crippen LogP contribution in [0.3, 0.4) is 0 Å². The summed E-state index contributed by atoms with van der Waals surface area (Å²) in [6.07, 6.45) is 5.94. The molecule has 2 aliphatic rings. The summed E-state index contributed by atoms with van der Waals surface area (Å²) in [5, 5.41) is 12.1. The lowest BCUT2D eigenvalue weighted by molar-refractivity contribution is -0.139. The maximum absolute atomic E-state index is 12.3. The summed E-state index contributed by atoms with van der Waals surface area (Å²) in [5.41, 5.74) is 0.626. The van der Waals surface area contributed by atoms with Gasteiger partial charge in [0, 0.05) is 36.3 Å². The van der Waals surface area contributed by atoms with Crippen LogP contribution >= 0.6 is 15.9 Å². The first-order valence-electron chi connectivity index (χ1n) is 8.01. The van der Waals surface area contributed by atoms with Crippen molar-refractivity contribution in [3.8, 4) is 0 Å². The van der Waals surface area contributed by atoms with Gasteiger partial charge in [-0.05, 0) is 53.6 Å². The zero-order valence-electron chi connectivity index (χ0n) is 13.2. The van der Waals surface area contributed by atoms with Crippen LogP contribution in [0.25, 0.3) is 0 Å². The van der Waals surface area contributed by atoms with Crippen molar-refractivity contribution in [3.63, 3.8) is 0 Å². The second-order valence-corrected chi connectivity index (χ2v) is 7.63. The molecule has 1 aromatic heterocycles. The molecule has 0 atom stereocenters. The molecule has 0 bridgehead atoms. The summed E-state index contributed by atoms with van der Waals surface area (Å²) in [7, 11) is 1.84. The molecule has 0 aliphatic heterocycles. The Morgan fingerprint density at radius 1 is 1.43 bits per heavy atom. The number of nitrogens with zero attached hydrogens (tertiary/aromatic N) is 2. The minimum Gasteiger partial charge on any atom is -0.480 e. The third-order valence-electron chi connectivity index (χ3n) is 4.70. The highest BCUT2D eigenvalue weighted by molar-refractivity contribution is 9.10. The van der Waals surface area contributed by atoms with E-state index in [2.05, 4.69) is 26.1 Å². The van der Waals surface area contributed by atoms with Crippen LogP contribution in [0, 0.1) is 5.92 Å². The van der Waals surface area contributed by atoms with Crippen LogP contribution in [0.4, 0.5) is 0 Å². The van der Waals surface area contributed by atoms with Crippen LogP contribution in [0.1, 0.15) is 36.2 Å². The predicted molar refractivity (Wildman–Crippen MR) is 89.3 cm³/mol. The van der Waals surface area contributed by atoms with E-state index in [1.807, 2.05) is 13.2 Å². The van der Waals surface area contributed by atoms with Gasteiger partial charge < -0.3 is 15.0 Å². The monoisotopic (exact) mass is 383 g/mol. The Kier molecular flexibility index (Phi) is 4.77. The Morgan fingerprint density at radius 2 is 2.13 bits per heavy atom. The number of aliphatic carboxylic acids is 1. The summed E-state index contributed by atoms with van der Waals surface area (Å²) in [5.74, 6) is -0.177. The van der Waals surface area contributed by atoms with Gasteiger partial charge in [-0.2, -0.15) is 0 Å². The van der Waals surface area contributed by atoms with Gasteiger partial charge in [0.25, 0.3) is 5.91 Å². The molecule has 2 N–H and O–H groups in total. The number of hydrogen-bond acceptors (Lipinski definition) is 3. The molecule has 0 unspecified atom stereocenters. The van der Waals surface area contributed by atoms with E-state index in [9.17, 15) is 9.59 Å². The van der Waals surface area contributed by atoms with Gasteiger partial charge in [0.1, 0.15) is 5.69 Å². The van der Waals surface area contributed by atoms with E-state index in [1.54, 1.807) is 10.6 Å². The molecule has 23 heavy (non-hydrogen) atoms. The van der Waals surface area contributed by atoms with E-state index in [0.29, 0.717) is 11.6 Å². The van der Waals surface area contributed by atoms with Crippen molar-refractivity contribution in [3.05, 3.63) is 22.4 Å². The zero-order valence-corrected chi connectivity index (χ0v) is 14.8. The number of carbonyl (C=O) groups excluding carboxylic acids is 1. The van der Waals surface area contributed by atoms with E-state index in [0.717, 1.165) is 23.9 Å². The molecule has 126 valence electrons. The molecule has 0 spiro atoms. The van der Waals surface area contributed by atoms with Crippen molar-refractivity contribution >= 4 is 27.8 Å². The number of hydrogen-bond donors (Lipinski definition) is 2. The number of carboxylic acids is 1. The van der Waals surface area contributed by atoms with Gasteiger partial charge in [-0.1, -0.05) is 0 Å². The van der Waals surface area contributed by atoms with Crippen LogP contribution in [0.15, 0.2) is 16.7 Å². The number of nitrogens with one attached hydrogen (secondary N) is 1. The Hall–Kier alpha value is -1.34. The number of rotatable bonds is 7. The van der Waals surface area contributed by atoms with Crippen LogP contribution in [-0.4, -0.2) is 51.6 Å². The van der Waals surface area contributed by atoms with E-state index in [-0.39, 0.29) is 24.5 Å². The molecule has 2 aliphatic carbocycles. The number of carboxylic acid groups (broad SMARTS) is 1. The fraction of sp³-hybridized carbons (Fsp3) is 0.625. The molecule has 1 amide bonds. The standard InChI is InChI=1S/C16H22BrN3O3/c1-19-8-11(17)4-14(19)16(23)18-12-5-13(6-12)20(9-15(21)22)7-10-2-3-10/h4,8,10,12-13H,2-3,5-7,9H2,1H3,(H,18,23)(H,21,22). The molecule has 7 heteroatoms. The van der Waals surface area contributed by atoms with E-state index >= 15 is 0 Å². The van der Waals surface area contributed by atoms with Crippen LogP contribution in [-0.2, 0) is 11.8 Å². The predicted octanol–water partition coefficient (Wildman–Crippen LogP) is 1.84. The number of aryl methyl sites for hydroxylation is 1. The average Bonchev–Trinajstić information content (AvgIpc) is 3.15. The van der Waals surface area contributed by atoms with Crippen LogP contribution in [0.5, 0.6) is 0 Å². The summed E-state index contributed by atoms with van der Waals surface area (Å²) >= 11 is 3.37. The Balaban J connectivity index is 1.50. The second-order valence-electron chi connectivity index (χ2n) is 6.72. The quantitative estimate of drug-likeness (QED) is 0.753. The van der Waals surface area contributed by atoms with Gasteiger partial charge in [-0.3, -0.25) is 14.5 Å². The molecule has 1 aromatic rings. The van der Waals surface area contributed by atoms with Crippen molar-refractivity contribution in [2.45, 2.75) is 37.8 Å². The minimum atomic E-state index is -0.771. The summed E-state index contributed by atoms with van der Waals surface area (Å²) in [6, 6.07) is 2.21. The van der Waals surface area contributed by atoms with E-state index < -0.39 is 5.97 Å². The Bertz CT molecular complexity index is 606. The Morgan fingerprint density at radius 3 is 2.65 bits per heavy atom. The molecule has 1 heterocycles. The van der Waals surface area contributed by atoms with Gasteiger partial charge in [0.15, 0.2) is 0 Å². The largest absolute Gasteiger partial charge is 0.480 e. The molecule has 6 nitrogen and oxygen atoms in total. The molecule has 0 radical (unpaired) electrons. The molecule has 0 aromatic carbocycles. The molecule has 2 fully saturated rings. The second kappa shape index (κ2) is 6.65. The van der Waals surface area contributed by atoms with Crippen molar-refractivity contribution in [1.82, 2.24) is 14.8 Å². The van der Waals surface area contributed by atoms with Crippen LogP contribution < -0.4 is 5.32 Å². The first-order chi connectivity index (χ1) is 10.9. The molecular formula is C16H22BrN3O3. The normalized spacial score (nSPS) is 23.6. The SMILES string of the molecule is Cn1cc(Br)cc1C(=O)NC1CC(N(CC(=O)O)CC2CC2)C1. The molecule has 0 saturated heterocycles. The summed E-state index contributed by atoms with van der Waals surface area (Å²) < 4.78 is 2.67. The highest BCUT2D eigenvalue weighted by Crippen LogP contribution is 2.33.